The molecule has 0 radical (unpaired) electrons. The van der Waals surface area contributed by atoms with Gasteiger partial charge in [0.2, 0.25) is 22.0 Å². The first kappa shape index (κ1) is 18.3. The average molecular weight is 384 g/mol. The Kier molecular flexibility index (Phi) is 4.70. The van der Waals surface area contributed by atoms with Crippen molar-refractivity contribution < 1.29 is 22.8 Å². The summed E-state index contributed by atoms with van der Waals surface area (Å²) in [5.74, 6) is -1.42. The Morgan fingerprint density at radius 3 is 2.62 bits per heavy atom. The van der Waals surface area contributed by atoms with E-state index in [-0.39, 0.29) is 35.3 Å². The zero-order valence-electron chi connectivity index (χ0n) is 13.9. The Hall–Kier alpha value is -2.49. The Labute approximate surface area is 151 Å². The van der Waals surface area contributed by atoms with E-state index < -0.39 is 23.0 Å². The highest BCUT2D eigenvalue weighted by molar-refractivity contribution is 7.15. The van der Waals surface area contributed by atoms with Gasteiger partial charge in [-0.2, -0.15) is 13.2 Å². The summed E-state index contributed by atoms with van der Waals surface area (Å²) in [7, 11) is 0. The number of alkyl halides is 3. The van der Waals surface area contributed by atoms with Crippen molar-refractivity contribution in [1.82, 2.24) is 10.2 Å². The lowest BCUT2D eigenvalue weighted by Crippen LogP contribution is -2.28. The van der Waals surface area contributed by atoms with Crippen molar-refractivity contribution in [3.8, 4) is 0 Å². The molecule has 0 aliphatic carbocycles. The summed E-state index contributed by atoms with van der Waals surface area (Å²) in [4.78, 5) is 26.0. The van der Waals surface area contributed by atoms with Gasteiger partial charge in [0.1, 0.15) is 0 Å². The largest absolute Gasteiger partial charge is 0.445 e. The van der Waals surface area contributed by atoms with Crippen LogP contribution in [0, 0.1) is 19.8 Å². The number of aromatic nitrogens is 2. The summed E-state index contributed by atoms with van der Waals surface area (Å²) < 4.78 is 37.6. The second kappa shape index (κ2) is 6.67. The molecular formula is C16H15F3N4O2S. The molecule has 1 fully saturated rings. The van der Waals surface area contributed by atoms with Crippen LogP contribution in [0.1, 0.15) is 22.6 Å². The molecule has 0 bridgehead atoms. The van der Waals surface area contributed by atoms with E-state index in [0.717, 1.165) is 11.1 Å². The van der Waals surface area contributed by atoms with Gasteiger partial charge in [-0.25, -0.2) is 0 Å². The van der Waals surface area contributed by atoms with E-state index in [1.807, 2.05) is 26.0 Å². The number of carbonyl (C=O) groups is 2. The fourth-order valence-corrected chi connectivity index (χ4v) is 3.24. The SMILES string of the molecule is Cc1ccc(N2C[C@H](C(=O)Nc3nnc(C(F)(F)F)s3)CC2=O)cc1C. The number of amides is 2. The number of halogens is 3. The molecule has 6 nitrogen and oxygen atoms in total. The van der Waals surface area contributed by atoms with Gasteiger partial charge in [0, 0.05) is 18.7 Å². The van der Waals surface area contributed by atoms with Gasteiger partial charge < -0.3 is 10.2 Å². The van der Waals surface area contributed by atoms with Gasteiger partial charge in [0.05, 0.1) is 5.92 Å². The van der Waals surface area contributed by atoms with Crippen LogP contribution in [0.4, 0.5) is 24.0 Å². The van der Waals surface area contributed by atoms with Crippen LogP contribution in [-0.4, -0.2) is 28.6 Å². The van der Waals surface area contributed by atoms with Crippen molar-refractivity contribution in [2.45, 2.75) is 26.4 Å². The monoisotopic (exact) mass is 384 g/mol. The number of nitrogens with one attached hydrogen (secondary N) is 1. The first-order chi connectivity index (χ1) is 12.1. The second-order valence-electron chi connectivity index (χ2n) is 6.07. The highest BCUT2D eigenvalue weighted by Gasteiger charge is 2.38. The van der Waals surface area contributed by atoms with Crippen LogP contribution in [0.25, 0.3) is 0 Å². The quantitative estimate of drug-likeness (QED) is 0.882. The molecule has 1 atom stereocenters. The molecule has 0 saturated carbocycles. The molecule has 1 aliphatic heterocycles. The van der Waals surface area contributed by atoms with Crippen LogP contribution in [0.2, 0.25) is 0 Å². The van der Waals surface area contributed by atoms with E-state index >= 15 is 0 Å². The minimum Gasteiger partial charge on any atom is -0.312 e. The average Bonchev–Trinajstić information content (AvgIpc) is 3.16. The predicted molar refractivity (Wildman–Crippen MR) is 89.9 cm³/mol. The second-order valence-corrected chi connectivity index (χ2v) is 7.05. The van der Waals surface area contributed by atoms with Gasteiger partial charge in [-0.3, -0.25) is 9.59 Å². The van der Waals surface area contributed by atoms with Crippen LogP contribution in [0.3, 0.4) is 0 Å². The lowest BCUT2D eigenvalue weighted by atomic mass is 10.1. The van der Waals surface area contributed by atoms with Gasteiger partial charge in [0.25, 0.3) is 0 Å². The lowest BCUT2D eigenvalue weighted by molar-refractivity contribution is -0.138. The number of hydrogen-bond donors (Lipinski definition) is 1. The summed E-state index contributed by atoms with van der Waals surface area (Å²) in [6.07, 6.45) is -4.62. The molecule has 2 aromatic rings. The number of rotatable bonds is 3. The van der Waals surface area contributed by atoms with E-state index in [0.29, 0.717) is 5.69 Å². The number of hydrogen-bond acceptors (Lipinski definition) is 5. The summed E-state index contributed by atoms with van der Waals surface area (Å²) in [6, 6.07) is 5.57. The Morgan fingerprint density at radius 2 is 2.00 bits per heavy atom. The van der Waals surface area contributed by atoms with Gasteiger partial charge >= 0.3 is 6.18 Å². The number of anilines is 2. The summed E-state index contributed by atoms with van der Waals surface area (Å²) in [5.41, 5.74) is 2.81. The topological polar surface area (TPSA) is 75.2 Å². The number of nitrogens with zero attached hydrogens (tertiary/aromatic N) is 3. The van der Waals surface area contributed by atoms with Crippen LogP contribution >= 0.6 is 11.3 Å². The zero-order valence-corrected chi connectivity index (χ0v) is 14.7. The van der Waals surface area contributed by atoms with E-state index in [4.69, 9.17) is 0 Å². The fraction of sp³-hybridized carbons (Fsp3) is 0.375. The van der Waals surface area contributed by atoms with Crippen LogP contribution in [-0.2, 0) is 15.8 Å². The van der Waals surface area contributed by atoms with Crippen molar-refractivity contribution in [3.63, 3.8) is 0 Å². The molecule has 0 spiro atoms. The van der Waals surface area contributed by atoms with Crippen molar-refractivity contribution in [2.24, 2.45) is 5.92 Å². The lowest BCUT2D eigenvalue weighted by Gasteiger charge is -2.17. The van der Waals surface area contributed by atoms with Crippen molar-refractivity contribution in [3.05, 3.63) is 34.3 Å². The normalized spacial score (nSPS) is 17.7. The third-order valence-corrected chi connectivity index (χ3v) is 5.08. The minimum atomic E-state index is -4.61. The van der Waals surface area contributed by atoms with Crippen molar-refractivity contribution in [2.75, 3.05) is 16.8 Å². The van der Waals surface area contributed by atoms with E-state index in [1.165, 1.54) is 4.90 Å². The Bertz CT molecular complexity index is 865. The number of aryl methyl sites for hydroxylation is 2. The van der Waals surface area contributed by atoms with E-state index in [2.05, 4.69) is 15.5 Å². The van der Waals surface area contributed by atoms with Gasteiger partial charge in [0.15, 0.2) is 0 Å². The molecule has 1 aromatic heterocycles. The van der Waals surface area contributed by atoms with E-state index in [9.17, 15) is 22.8 Å². The first-order valence-electron chi connectivity index (χ1n) is 7.74. The molecule has 1 aromatic carbocycles. The number of benzene rings is 1. The molecule has 0 unspecified atom stereocenters. The molecule has 1 N–H and O–H groups in total. The first-order valence-corrected chi connectivity index (χ1v) is 8.56. The molecule has 26 heavy (non-hydrogen) atoms. The molecule has 2 amide bonds. The van der Waals surface area contributed by atoms with Gasteiger partial charge in [-0.15, -0.1) is 10.2 Å². The van der Waals surface area contributed by atoms with Crippen molar-refractivity contribution >= 4 is 34.0 Å². The molecule has 3 rings (SSSR count). The molecular weight excluding hydrogens is 369 g/mol. The zero-order chi connectivity index (χ0) is 19.1. The summed E-state index contributed by atoms with van der Waals surface area (Å²) in [5, 5.41) is 7.29. The maximum absolute atomic E-state index is 12.5. The van der Waals surface area contributed by atoms with Crippen LogP contribution < -0.4 is 10.2 Å². The van der Waals surface area contributed by atoms with Gasteiger partial charge in [-0.05, 0) is 37.1 Å². The molecule has 1 saturated heterocycles. The van der Waals surface area contributed by atoms with E-state index in [1.54, 1.807) is 6.07 Å². The fourth-order valence-electron chi connectivity index (χ4n) is 2.62. The minimum absolute atomic E-state index is 0.0102. The summed E-state index contributed by atoms with van der Waals surface area (Å²) in [6.45, 7) is 4.05. The van der Waals surface area contributed by atoms with Crippen LogP contribution in [0.5, 0.6) is 0 Å². The molecule has 10 heteroatoms. The highest BCUT2D eigenvalue weighted by Crippen LogP contribution is 2.33. The maximum atomic E-state index is 12.5. The Morgan fingerprint density at radius 1 is 1.27 bits per heavy atom. The molecule has 138 valence electrons. The van der Waals surface area contributed by atoms with Crippen molar-refractivity contribution in [1.29, 1.82) is 0 Å². The molecule has 2 heterocycles. The highest BCUT2D eigenvalue weighted by atomic mass is 32.1. The van der Waals surface area contributed by atoms with Crippen LogP contribution in [0.15, 0.2) is 18.2 Å². The maximum Gasteiger partial charge on any atom is 0.445 e. The molecule has 1 aliphatic rings. The Balaban J connectivity index is 1.69. The third-order valence-electron chi connectivity index (χ3n) is 4.20. The van der Waals surface area contributed by atoms with Gasteiger partial charge in [-0.1, -0.05) is 17.4 Å². The smallest absolute Gasteiger partial charge is 0.312 e. The third kappa shape index (κ3) is 3.69. The predicted octanol–water partition coefficient (Wildman–Crippen LogP) is 3.17. The standard InChI is InChI=1S/C16H15F3N4O2S/c1-8-3-4-11(5-9(8)2)23-7-10(6-12(23)24)13(25)20-15-22-21-14(26-15)16(17,18)19/h3-5,10H,6-7H2,1-2H3,(H,20,22,25)/t10-/m1/s1. The number of carbonyl (C=O) groups excluding carboxylic acids is 2. The summed E-state index contributed by atoms with van der Waals surface area (Å²) >= 11 is 0.251.